The summed E-state index contributed by atoms with van der Waals surface area (Å²) in [5, 5.41) is 13.5. The van der Waals surface area contributed by atoms with Crippen molar-refractivity contribution in [1.82, 2.24) is 9.55 Å². The van der Waals surface area contributed by atoms with Crippen molar-refractivity contribution in [3.63, 3.8) is 0 Å². The number of halogens is 2. The van der Waals surface area contributed by atoms with Crippen LogP contribution in [0.4, 0.5) is 11.4 Å². The lowest BCUT2D eigenvalue weighted by Crippen LogP contribution is -2.22. The first-order valence-corrected chi connectivity index (χ1v) is 12.0. The lowest BCUT2D eigenvalue weighted by molar-refractivity contribution is -0.113. The lowest BCUT2D eigenvalue weighted by atomic mass is 10.1. The van der Waals surface area contributed by atoms with Gasteiger partial charge < -0.3 is 15.3 Å². The predicted octanol–water partition coefficient (Wildman–Crippen LogP) is 5.13. The van der Waals surface area contributed by atoms with Gasteiger partial charge in [0.1, 0.15) is 0 Å². The van der Waals surface area contributed by atoms with Crippen molar-refractivity contribution in [1.29, 1.82) is 0 Å². The van der Waals surface area contributed by atoms with Gasteiger partial charge in [0.2, 0.25) is 11.8 Å². The summed E-state index contributed by atoms with van der Waals surface area (Å²) in [5.41, 5.74) is 2.67. The van der Waals surface area contributed by atoms with Gasteiger partial charge in [-0.25, -0.2) is 0 Å². The van der Waals surface area contributed by atoms with Crippen LogP contribution in [0.2, 0.25) is 10.0 Å². The van der Waals surface area contributed by atoms with Crippen molar-refractivity contribution < 1.29 is 9.90 Å². The highest BCUT2D eigenvalue weighted by molar-refractivity contribution is 7.99. The average Bonchev–Trinajstić information content (AvgIpc) is 2.76. The van der Waals surface area contributed by atoms with Gasteiger partial charge >= 0.3 is 0 Å². The Morgan fingerprint density at radius 2 is 1.85 bits per heavy atom. The van der Waals surface area contributed by atoms with Gasteiger partial charge in [0.15, 0.2) is 5.16 Å². The molecule has 0 saturated heterocycles. The minimum atomic E-state index is -0.508. The standard InChI is InChI=1S/C23H24Cl2N4O3S/c1-4-28(5-2)15-7-9-19(14(3)10-15)26-21(31)13-33-23-27-20(30)12-22(32)29(23)16-6-8-17(24)18(25)11-16/h6-12,30H,4-5,13H2,1-3H3,(H,26,31). The minimum absolute atomic E-state index is 0.0194. The highest BCUT2D eigenvalue weighted by atomic mass is 35.5. The number of nitrogens with zero attached hydrogens (tertiary/aromatic N) is 3. The summed E-state index contributed by atoms with van der Waals surface area (Å²) in [6.45, 7) is 7.93. The number of aryl methyl sites for hydroxylation is 1. The van der Waals surface area contributed by atoms with Gasteiger partial charge in [-0.05, 0) is 62.7 Å². The minimum Gasteiger partial charge on any atom is -0.493 e. The van der Waals surface area contributed by atoms with Gasteiger partial charge in [-0.2, -0.15) is 4.98 Å². The van der Waals surface area contributed by atoms with E-state index in [4.69, 9.17) is 23.2 Å². The van der Waals surface area contributed by atoms with E-state index in [1.807, 2.05) is 25.1 Å². The summed E-state index contributed by atoms with van der Waals surface area (Å²) in [5.74, 6) is -0.715. The van der Waals surface area contributed by atoms with Gasteiger partial charge in [0, 0.05) is 24.5 Å². The molecule has 0 aliphatic heterocycles. The Hall–Kier alpha value is -2.68. The summed E-state index contributed by atoms with van der Waals surface area (Å²) in [4.78, 5) is 31.4. The number of aromatic hydroxyl groups is 1. The van der Waals surface area contributed by atoms with Crippen molar-refractivity contribution in [2.45, 2.75) is 25.9 Å². The van der Waals surface area contributed by atoms with Crippen molar-refractivity contribution in [3.8, 4) is 11.6 Å². The molecule has 0 aliphatic rings. The first-order valence-electron chi connectivity index (χ1n) is 10.3. The average molecular weight is 507 g/mol. The van der Waals surface area contributed by atoms with Crippen LogP contribution in [0.1, 0.15) is 19.4 Å². The third-order valence-corrected chi connectivity index (χ3v) is 6.66. The molecule has 10 heteroatoms. The second-order valence-corrected chi connectivity index (χ2v) is 8.93. The van der Waals surface area contributed by atoms with Gasteiger partial charge in [-0.15, -0.1) is 0 Å². The number of carbonyl (C=O) groups is 1. The molecule has 1 amide bonds. The summed E-state index contributed by atoms with van der Waals surface area (Å²) in [6, 6.07) is 11.6. The fraction of sp³-hybridized carbons (Fsp3) is 0.261. The highest BCUT2D eigenvalue weighted by Crippen LogP contribution is 2.27. The van der Waals surface area contributed by atoms with Crippen LogP contribution in [-0.4, -0.2) is 39.4 Å². The number of hydrogen-bond donors (Lipinski definition) is 2. The summed E-state index contributed by atoms with van der Waals surface area (Å²) >= 11 is 13.1. The Balaban J connectivity index is 1.78. The number of amides is 1. The third kappa shape index (κ3) is 6.01. The maximum Gasteiger partial charge on any atom is 0.262 e. The van der Waals surface area contributed by atoms with E-state index in [1.165, 1.54) is 10.6 Å². The molecule has 3 aromatic rings. The maximum atomic E-state index is 12.6. The van der Waals surface area contributed by atoms with E-state index in [0.717, 1.165) is 42.2 Å². The molecule has 0 saturated carbocycles. The monoisotopic (exact) mass is 506 g/mol. The Morgan fingerprint density at radius 1 is 1.12 bits per heavy atom. The molecule has 0 fully saturated rings. The number of aromatic nitrogens is 2. The zero-order valence-electron chi connectivity index (χ0n) is 18.4. The zero-order chi connectivity index (χ0) is 24.1. The van der Waals surface area contributed by atoms with Crippen molar-refractivity contribution in [3.05, 3.63) is 68.4 Å². The normalized spacial score (nSPS) is 10.8. The molecular weight excluding hydrogens is 483 g/mol. The van der Waals surface area contributed by atoms with Crippen LogP contribution in [0.25, 0.3) is 5.69 Å². The van der Waals surface area contributed by atoms with Crippen LogP contribution in [0, 0.1) is 6.92 Å². The van der Waals surface area contributed by atoms with Crippen LogP contribution in [0.5, 0.6) is 5.88 Å². The van der Waals surface area contributed by atoms with Crippen LogP contribution in [-0.2, 0) is 4.79 Å². The SMILES string of the molecule is CCN(CC)c1ccc(NC(=O)CSc2nc(O)cc(=O)n2-c2ccc(Cl)c(Cl)c2)c(C)c1. The van der Waals surface area contributed by atoms with Crippen LogP contribution >= 0.6 is 35.0 Å². The molecule has 0 radical (unpaired) electrons. The molecule has 7 nitrogen and oxygen atoms in total. The van der Waals surface area contributed by atoms with Gasteiger partial charge in [0.05, 0.1) is 27.6 Å². The lowest BCUT2D eigenvalue weighted by Gasteiger charge is -2.22. The number of thioether (sulfide) groups is 1. The zero-order valence-corrected chi connectivity index (χ0v) is 20.8. The summed E-state index contributed by atoms with van der Waals surface area (Å²) < 4.78 is 1.27. The molecule has 0 spiro atoms. The topological polar surface area (TPSA) is 87.5 Å². The Morgan fingerprint density at radius 3 is 2.48 bits per heavy atom. The van der Waals surface area contributed by atoms with E-state index >= 15 is 0 Å². The summed E-state index contributed by atoms with van der Waals surface area (Å²) in [6.07, 6.45) is 0. The molecule has 3 rings (SSSR count). The number of nitrogens with one attached hydrogen (secondary N) is 1. The maximum absolute atomic E-state index is 12.6. The van der Waals surface area contributed by atoms with E-state index in [1.54, 1.807) is 12.1 Å². The fourth-order valence-corrected chi connectivity index (χ4v) is 4.41. The number of carbonyl (C=O) groups excluding carboxylic acids is 1. The quantitative estimate of drug-likeness (QED) is 0.325. The van der Waals surface area contributed by atoms with Gasteiger partial charge in [-0.1, -0.05) is 35.0 Å². The van der Waals surface area contributed by atoms with Crippen LogP contribution in [0.15, 0.2) is 52.4 Å². The first kappa shape index (κ1) is 25.0. The molecule has 1 aromatic heterocycles. The number of rotatable bonds is 8. The van der Waals surface area contributed by atoms with E-state index in [2.05, 4.69) is 29.0 Å². The van der Waals surface area contributed by atoms with E-state index in [-0.39, 0.29) is 21.8 Å². The van der Waals surface area contributed by atoms with E-state index in [9.17, 15) is 14.7 Å². The number of hydrogen-bond acceptors (Lipinski definition) is 6. The first-order chi connectivity index (χ1) is 15.7. The van der Waals surface area contributed by atoms with Crippen molar-refractivity contribution in [2.24, 2.45) is 0 Å². The van der Waals surface area contributed by atoms with E-state index < -0.39 is 11.4 Å². The van der Waals surface area contributed by atoms with Crippen LogP contribution < -0.4 is 15.8 Å². The Bertz CT molecular complexity index is 1230. The van der Waals surface area contributed by atoms with Crippen molar-refractivity contribution in [2.75, 3.05) is 29.1 Å². The molecule has 0 aliphatic carbocycles. The molecule has 174 valence electrons. The smallest absolute Gasteiger partial charge is 0.262 e. The second-order valence-electron chi connectivity index (χ2n) is 7.18. The molecular formula is C23H24Cl2N4O3S. The molecule has 33 heavy (non-hydrogen) atoms. The summed E-state index contributed by atoms with van der Waals surface area (Å²) in [7, 11) is 0. The molecule has 0 bridgehead atoms. The fourth-order valence-electron chi connectivity index (χ4n) is 3.30. The Kier molecular flexibility index (Phi) is 8.29. The second kappa shape index (κ2) is 11.0. The molecule has 0 atom stereocenters. The third-order valence-electron chi connectivity index (χ3n) is 4.98. The van der Waals surface area contributed by atoms with Crippen molar-refractivity contribution >= 4 is 52.2 Å². The molecule has 0 unspecified atom stereocenters. The number of benzene rings is 2. The largest absolute Gasteiger partial charge is 0.493 e. The van der Waals surface area contributed by atoms with Gasteiger partial charge in [0.25, 0.3) is 5.56 Å². The number of anilines is 2. The molecule has 2 N–H and O–H groups in total. The van der Waals surface area contributed by atoms with Crippen LogP contribution in [0.3, 0.4) is 0 Å². The van der Waals surface area contributed by atoms with Gasteiger partial charge in [-0.3, -0.25) is 14.2 Å². The molecule has 2 aromatic carbocycles. The Labute approximate surface area is 206 Å². The van der Waals surface area contributed by atoms with E-state index in [0.29, 0.717) is 16.4 Å². The predicted molar refractivity (Wildman–Crippen MR) is 136 cm³/mol. The highest BCUT2D eigenvalue weighted by Gasteiger charge is 2.15. The molecule has 1 heterocycles.